The lowest BCUT2D eigenvalue weighted by atomic mass is 9.48. The minimum atomic E-state index is -0.202. The average molecular weight is 238 g/mol. The van der Waals surface area contributed by atoms with Crippen LogP contribution in [0, 0.1) is 22.7 Å². The van der Waals surface area contributed by atoms with Crippen LogP contribution in [0.2, 0.25) is 0 Å². The third-order valence-electron chi connectivity index (χ3n) is 5.71. The zero-order valence-electron chi connectivity index (χ0n) is 11.5. The second kappa shape index (κ2) is 4.10. The number of aliphatic hydroxyl groups excluding tert-OH is 2. The van der Waals surface area contributed by atoms with E-state index in [9.17, 15) is 10.2 Å². The van der Waals surface area contributed by atoms with Crippen molar-refractivity contribution < 1.29 is 10.2 Å². The molecule has 2 heteroatoms. The third-order valence-corrected chi connectivity index (χ3v) is 5.71. The smallest absolute Gasteiger partial charge is 0.0594 e. The van der Waals surface area contributed by atoms with Gasteiger partial charge in [-0.2, -0.15) is 0 Å². The molecule has 98 valence electrons. The summed E-state index contributed by atoms with van der Waals surface area (Å²) in [5, 5.41) is 19.9. The molecule has 17 heavy (non-hydrogen) atoms. The highest BCUT2D eigenvalue weighted by molar-refractivity contribution is 5.19. The molecule has 0 aromatic carbocycles. The van der Waals surface area contributed by atoms with Gasteiger partial charge in [-0.05, 0) is 42.9 Å². The minimum Gasteiger partial charge on any atom is -0.396 e. The van der Waals surface area contributed by atoms with Crippen molar-refractivity contribution in [3.8, 4) is 0 Å². The van der Waals surface area contributed by atoms with Crippen LogP contribution in [0.1, 0.15) is 47.0 Å². The summed E-state index contributed by atoms with van der Waals surface area (Å²) in [7, 11) is 0. The van der Waals surface area contributed by atoms with Crippen molar-refractivity contribution in [2.75, 3.05) is 6.61 Å². The van der Waals surface area contributed by atoms with Crippen molar-refractivity contribution in [2.45, 2.75) is 53.1 Å². The Balaban J connectivity index is 2.41. The van der Waals surface area contributed by atoms with Gasteiger partial charge in [0.1, 0.15) is 0 Å². The van der Waals surface area contributed by atoms with Crippen molar-refractivity contribution in [1.82, 2.24) is 0 Å². The maximum absolute atomic E-state index is 10.2. The van der Waals surface area contributed by atoms with Crippen molar-refractivity contribution in [3.05, 3.63) is 11.6 Å². The van der Waals surface area contributed by atoms with Crippen LogP contribution in [0.3, 0.4) is 0 Å². The predicted octanol–water partition coefficient (Wildman–Crippen LogP) is 2.75. The maximum atomic E-state index is 10.2. The van der Waals surface area contributed by atoms with Gasteiger partial charge in [0.25, 0.3) is 0 Å². The zero-order valence-corrected chi connectivity index (χ0v) is 11.5. The average Bonchev–Trinajstić information content (AvgIpc) is 2.24. The summed E-state index contributed by atoms with van der Waals surface area (Å²) >= 11 is 0. The number of allylic oxidation sites excluding steroid dienone is 1. The third kappa shape index (κ3) is 1.77. The van der Waals surface area contributed by atoms with Crippen LogP contribution in [0.25, 0.3) is 0 Å². The van der Waals surface area contributed by atoms with Crippen molar-refractivity contribution >= 4 is 0 Å². The largest absolute Gasteiger partial charge is 0.396 e. The topological polar surface area (TPSA) is 40.5 Å². The molecule has 0 radical (unpaired) electrons. The molecule has 0 aromatic heterocycles. The van der Waals surface area contributed by atoms with E-state index in [0.717, 1.165) is 19.3 Å². The molecule has 2 aliphatic carbocycles. The fraction of sp³-hybridized carbons (Fsp3) is 0.867. The van der Waals surface area contributed by atoms with E-state index in [0.29, 0.717) is 5.92 Å². The van der Waals surface area contributed by atoms with Crippen LogP contribution in [-0.4, -0.2) is 22.9 Å². The molecule has 0 bridgehead atoms. The monoisotopic (exact) mass is 238 g/mol. The van der Waals surface area contributed by atoms with Gasteiger partial charge in [-0.15, -0.1) is 0 Å². The van der Waals surface area contributed by atoms with E-state index in [1.807, 2.05) is 0 Å². The summed E-state index contributed by atoms with van der Waals surface area (Å²) in [6.45, 7) is 9.05. The molecule has 0 aliphatic heterocycles. The number of rotatable bonds is 1. The molecule has 1 fully saturated rings. The molecular weight excluding hydrogens is 212 g/mol. The second-order valence-electron chi connectivity index (χ2n) is 6.85. The summed E-state index contributed by atoms with van der Waals surface area (Å²) in [5.74, 6) is 0.743. The molecule has 1 saturated carbocycles. The number of aliphatic hydroxyl groups is 2. The lowest BCUT2D eigenvalue weighted by Crippen LogP contribution is -2.54. The van der Waals surface area contributed by atoms with Crippen molar-refractivity contribution in [3.63, 3.8) is 0 Å². The van der Waals surface area contributed by atoms with E-state index in [1.165, 1.54) is 5.57 Å². The van der Waals surface area contributed by atoms with Crippen molar-refractivity contribution in [1.29, 1.82) is 0 Å². The van der Waals surface area contributed by atoms with Crippen LogP contribution in [0.4, 0.5) is 0 Å². The fourth-order valence-electron chi connectivity index (χ4n) is 4.38. The summed E-state index contributed by atoms with van der Waals surface area (Å²) < 4.78 is 0. The lowest BCUT2D eigenvalue weighted by Gasteiger charge is -2.58. The van der Waals surface area contributed by atoms with E-state index in [4.69, 9.17) is 0 Å². The molecule has 4 atom stereocenters. The molecule has 2 aliphatic rings. The minimum absolute atomic E-state index is 0.0440. The predicted molar refractivity (Wildman–Crippen MR) is 69.6 cm³/mol. The van der Waals surface area contributed by atoms with Crippen LogP contribution in [0.15, 0.2) is 11.6 Å². The normalized spacial score (nSPS) is 45.1. The van der Waals surface area contributed by atoms with E-state index >= 15 is 0 Å². The van der Waals surface area contributed by atoms with Gasteiger partial charge >= 0.3 is 0 Å². The lowest BCUT2D eigenvalue weighted by molar-refractivity contribution is -0.120. The first-order chi connectivity index (χ1) is 7.84. The molecule has 2 rings (SSSR count). The Hall–Kier alpha value is -0.340. The molecule has 2 unspecified atom stereocenters. The summed E-state index contributed by atoms with van der Waals surface area (Å²) in [6, 6.07) is 0. The highest BCUT2D eigenvalue weighted by Crippen LogP contribution is 2.59. The Kier molecular flexibility index (Phi) is 3.16. The Morgan fingerprint density at radius 3 is 2.59 bits per heavy atom. The molecule has 0 amide bonds. The molecule has 0 heterocycles. The summed E-state index contributed by atoms with van der Waals surface area (Å²) in [5.41, 5.74) is 1.44. The second-order valence-corrected chi connectivity index (χ2v) is 6.85. The van der Waals surface area contributed by atoms with Gasteiger partial charge < -0.3 is 10.2 Å². The van der Waals surface area contributed by atoms with Gasteiger partial charge in [0.15, 0.2) is 0 Å². The van der Waals surface area contributed by atoms with Gasteiger partial charge in [0, 0.05) is 5.92 Å². The van der Waals surface area contributed by atoms with E-state index in [1.54, 1.807) is 0 Å². The Bertz CT molecular complexity index is 332. The first-order valence-corrected chi connectivity index (χ1v) is 6.79. The number of fused-ring (bicyclic) bond motifs is 1. The standard InChI is InChI=1S/C15H26O2/c1-10-5-6-12-14(2,3)13(17)7-8-15(12,4)11(10)9-16/h5,11-13,16-17H,6-9H2,1-4H3/t11?,12?,13-,15+/m0/s1. The molecule has 2 N–H and O–H groups in total. The molecule has 2 nitrogen and oxygen atoms in total. The fourth-order valence-corrected chi connectivity index (χ4v) is 4.38. The summed E-state index contributed by atoms with van der Waals surface area (Å²) in [4.78, 5) is 0. The Labute approximate surface area is 105 Å². The van der Waals surface area contributed by atoms with Gasteiger partial charge in [-0.1, -0.05) is 32.4 Å². The Morgan fingerprint density at radius 1 is 1.35 bits per heavy atom. The first-order valence-electron chi connectivity index (χ1n) is 6.79. The van der Waals surface area contributed by atoms with Gasteiger partial charge in [0.05, 0.1) is 12.7 Å². The number of hydrogen-bond donors (Lipinski definition) is 2. The van der Waals surface area contributed by atoms with Crippen LogP contribution < -0.4 is 0 Å². The molecule has 0 spiro atoms. The quantitative estimate of drug-likeness (QED) is 0.690. The zero-order chi connectivity index (χ0) is 12.8. The van der Waals surface area contributed by atoms with Gasteiger partial charge in [0.2, 0.25) is 0 Å². The first kappa shape index (κ1) is 13.1. The Morgan fingerprint density at radius 2 is 2.00 bits per heavy atom. The maximum Gasteiger partial charge on any atom is 0.0594 e. The van der Waals surface area contributed by atoms with Gasteiger partial charge in [-0.3, -0.25) is 0 Å². The molecular formula is C15H26O2. The molecule has 0 aromatic rings. The van der Waals surface area contributed by atoms with E-state index < -0.39 is 0 Å². The van der Waals surface area contributed by atoms with E-state index in [-0.39, 0.29) is 29.5 Å². The highest BCUT2D eigenvalue weighted by Gasteiger charge is 2.54. The van der Waals surface area contributed by atoms with Crippen LogP contribution >= 0.6 is 0 Å². The summed E-state index contributed by atoms with van der Waals surface area (Å²) in [6.07, 6.45) is 5.00. The molecule has 0 saturated heterocycles. The SMILES string of the molecule is CC1=CCC2C(C)(C)[C@@H](O)CC[C@]2(C)C1CO. The highest BCUT2D eigenvalue weighted by atomic mass is 16.3. The van der Waals surface area contributed by atoms with E-state index in [2.05, 4.69) is 33.8 Å². The van der Waals surface area contributed by atoms with Crippen LogP contribution in [-0.2, 0) is 0 Å². The number of hydrogen-bond acceptors (Lipinski definition) is 2. The van der Waals surface area contributed by atoms with Gasteiger partial charge in [-0.25, -0.2) is 0 Å². The van der Waals surface area contributed by atoms with Crippen LogP contribution in [0.5, 0.6) is 0 Å². The van der Waals surface area contributed by atoms with Crippen molar-refractivity contribution in [2.24, 2.45) is 22.7 Å².